The van der Waals surface area contributed by atoms with Crippen molar-refractivity contribution in [3.63, 3.8) is 0 Å². The molecule has 4 rings (SSSR count). The van der Waals surface area contributed by atoms with Crippen molar-refractivity contribution in [2.45, 2.75) is 12.8 Å². The number of hydrogen-bond donors (Lipinski definition) is 0. The molecule has 0 radical (unpaired) electrons. The van der Waals surface area contributed by atoms with E-state index in [-0.39, 0.29) is 18.2 Å². The van der Waals surface area contributed by atoms with E-state index < -0.39 is 4.92 Å². The monoisotopic (exact) mass is 370 g/mol. The van der Waals surface area contributed by atoms with Gasteiger partial charge in [-0.3, -0.25) is 15.1 Å². The van der Waals surface area contributed by atoms with Gasteiger partial charge < -0.3 is 18.9 Å². The van der Waals surface area contributed by atoms with E-state index in [4.69, 9.17) is 18.9 Å². The molecule has 8 nitrogen and oxygen atoms in total. The van der Waals surface area contributed by atoms with E-state index in [1.807, 2.05) is 12.1 Å². The predicted octanol–water partition coefficient (Wildman–Crippen LogP) is 2.93. The van der Waals surface area contributed by atoms with Crippen molar-refractivity contribution in [3.05, 3.63) is 51.1 Å². The molecule has 140 valence electrons. The fourth-order valence-electron chi connectivity index (χ4n) is 3.48. The Morgan fingerprint density at radius 2 is 1.96 bits per heavy atom. The van der Waals surface area contributed by atoms with Crippen LogP contribution in [0.4, 0.5) is 5.69 Å². The van der Waals surface area contributed by atoms with E-state index in [9.17, 15) is 10.1 Å². The van der Waals surface area contributed by atoms with Crippen molar-refractivity contribution in [2.24, 2.45) is 4.99 Å². The lowest BCUT2D eigenvalue weighted by Gasteiger charge is -2.18. The summed E-state index contributed by atoms with van der Waals surface area (Å²) in [5, 5.41) is 11.7. The van der Waals surface area contributed by atoms with Gasteiger partial charge in [0.1, 0.15) is 0 Å². The molecular formula is C19H18N2O6. The van der Waals surface area contributed by atoms with E-state index in [1.165, 1.54) is 14.2 Å². The topological polar surface area (TPSA) is 92.4 Å². The third-order valence-corrected chi connectivity index (χ3v) is 4.74. The van der Waals surface area contributed by atoms with Gasteiger partial charge in [-0.05, 0) is 36.2 Å². The fourth-order valence-corrected chi connectivity index (χ4v) is 3.48. The van der Waals surface area contributed by atoms with Crippen LogP contribution in [0.25, 0.3) is 0 Å². The van der Waals surface area contributed by atoms with Gasteiger partial charge in [0.15, 0.2) is 17.2 Å². The molecule has 0 atom stereocenters. The second-order valence-corrected chi connectivity index (χ2v) is 6.18. The first kappa shape index (κ1) is 17.1. The minimum atomic E-state index is -0.444. The summed E-state index contributed by atoms with van der Waals surface area (Å²) < 4.78 is 21.3. The maximum atomic E-state index is 11.7. The Bertz CT molecular complexity index is 954. The Kier molecular flexibility index (Phi) is 4.31. The van der Waals surface area contributed by atoms with Gasteiger partial charge in [0.25, 0.3) is 0 Å². The molecule has 2 aliphatic rings. The summed E-state index contributed by atoms with van der Waals surface area (Å²) in [4.78, 5) is 15.9. The van der Waals surface area contributed by atoms with E-state index in [0.29, 0.717) is 30.0 Å². The van der Waals surface area contributed by atoms with Crippen molar-refractivity contribution in [1.82, 2.24) is 0 Å². The summed E-state index contributed by atoms with van der Waals surface area (Å²) in [5.41, 5.74) is 3.24. The van der Waals surface area contributed by atoms with Gasteiger partial charge in [-0.15, -0.1) is 0 Å². The van der Waals surface area contributed by atoms with Crippen molar-refractivity contribution >= 4 is 11.4 Å². The Morgan fingerprint density at radius 1 is 1.19 bits per heavy atom. The normalized spacial score (nSPS) is 14.4. The van der Waals surface area contributed by atoms with Gasteiger partial charge in [-0.1, -0.05) is 0 Å². The van der Waals surface area contributed by atoms with Gasteiger partial charge >= 0.3 is 5.69 Å². The minimum absolute atomic E-state index is 0.104. The van der Waals surface area contributed by atoms with Gasteiger partial charge in [-0.25, -0.2) is 0 Å². The van der Waals surface area contributed by atoms with E-state index in [0.717, 1.165) is 29.0 Å². The first-order valence-electron chi connectivity index (χ1n) is 8.46. The molecule has 0 fully saturated rings. The molecule has 0 amide bonds. The third-order valence-electron chi connectivity index (χ3n) is 4.74. The molecule has 0 bridgehead atoms. The average Bonchev–Trinajstić information content (AvgIpc) is 3.13. The Balaban J connectivity index is 1.76. The highest BCUT2D eigenvalue weighted by molar-refractivity contribution is 6.05. The number of benzene rings is 2. The van der Waals surface area contributed by atoms with Crippen LogP contribution in [0, 0.1) is 10.1 Å². The number of fused-ring (bicyclic) bond motifs is 2. The summed E-state index contributed by atoms with van der Waals surface area (Å²) in [6.07, 6.45) is 1.10. The lowest BCUT2D eigenvalue weighted by atomic mass is 9.92. The van der Waals surface area contributed by atoms with E-state index in [2.05, 4.69) is 4.99 Å². The van der Waals surface area contributed by atoms with Crippen molar-refractivity contribution in [3.8, 4) is 23.0 Å². The van der Waals surface area contributed by atoms with Crippen LogP contribution in [0.1, 0.15) is 16.7 Å². The molecule has 0 saturated carbocycles. The zero-order valence-electron chi connectivity index (χ0n) is 15.0. The molecule has 0 unspecified atom stereocenters. The van der Waals surface area contributed by atoms with Crippen molar-refractivity contribution in [1.29, 1.82) is 0 Å². The van der Waals surface area contributed by atoms with Crippen molar-refractivity contribution < 1.29 is 23.9 Å². The van der Waals surface area contributed by atoms with Gasteiger partial charge in [0, 0.05) is 29.8 Å². The molecular weight excluding hydrogens is 352 g/mol. The lowest BCUT2D eigenvalue weighted by molar-refractivity contribution is -0.386. The predicted molar refractivity (Wildman–Crippen MR) is 97.6 cm³/mol. The van der Waals surface area contributed by atoms with Crippen LogP contribution in [-0.4, -0.2) is 38.2 Å². The number of ether oxygens (including phenoxy) is 4. The number of nitro benzene ring substituents is 1. The number of nitro groups is 1. The van der Waals surface area contributed by atoms with Crippen LogP contribution >= 0.6 is 0 Å². The van der Waals surface area contributed by atoms with E-state index in [1.54, 1.807) is 12.1 Å². The summed E-state index contributed by atoms with van der Waals surface area (Å²) in [5.74, 6) is 1.84. The highest BCUT2D eigenvalue weighted by Gasteiger charge is 2.28. The standard InChI is InChI=1S/C19H18N2O6/c1-24-15-4-3-12(18(21(22)23)19(15)25-2)7-14-13-9-17-16(26-10-27-17)8-11(13)5-6-20-14/h3-4,8-9H,5-7,10H2,1-2H3. The molecule has 8 heteroatoms. The molecule has 0 aliphatic carbocycles. The number of nitrogens with zero attached hydrogens (tertiary/aromatic N) is 2. The molecule has 2 aromatic rings. The number of aliphatic imine (C=N–C) groups is 1. The van der Waals surface area contributed by atoms with Gasteiger partial charge in [0.2, 0.25) is 12.5 Å². The molecule has 0 spiro atoms. The van der Waals surface area contributed by atoms with E-state index >= 15 is 0 Å². The molecule has 2 heterocycles. The molecule has 2 aromatic carbocycles. The summed E-state index contributed by atoms with van der Waals surface area (Å²) >= 11 is 0. The lowest BCUT2D eigenvalue weighted by Crippen LogP contribution is -2.16. The molecule has 0 saturated heterocycles. The summed E-state index contributed by atoms with van der Waals surface area (Å²) in [6.45, 7) is 0.828. The van der Waals surface area contributed by atoms with Crippen LogP contribution in [0.2, 0.25) is 0 Å². The van der Waals surface area contributed by atoms with Gasteiger partial charge in [-0.2, -0.15) is 0 Å². The summed E-state index contributed by atoms with van der Waals surface area (Å²) in [7, 11) is 2.84. The average molecular weight is 370 g/mol. The Hall–Kier alpha value is -3.29. The molecule has 2 aliphatic heterocycles. The maximum Gasteiger partial charge on any atom is 0.318 e. The quantitative estimate of drug-likeness (QED) is 0.593. The molecule has 0 aromatic heterocycles. The third kappa shape index (κ3) is 2.92. The van der Waals surface area contributed by atoms with Crippen LogP contribution in [-0.2, 0) is 12.8 Å². The van der Waals surface area contributed by atoms with Gasteiger partial charge in [0.05, 0.1) is 19.1 Å². The SMILES string of the molecule is COc1ccc(CC2=NCCc3cc4c(cc32)OCO4)c([N+](=O)[O-])c1OC. The maximum absolute atomic E-state index is 11.7. The molecule has 27 heavy (non-hydrogen) atoms. The smallest absolute Gasteiger partial charge is 0.318 e. The first-order chi connectivity index (χ1) is 13.1. The number of methoxy groups -OCH3 is 2. The second kappa shape index (κ2) is 6.79. The number of rotatable bonds is 5. The van der Waals surface area contributed by atoms with Crippen LogP contribution in [0.15, 0.2) is 29.3 Å². The number of hydrogen-bond acceptors (Lipinski definition) is 7. The Morgan fingerprint density at radius 3 is 2.67 bits per heavy atom. The Labute approximate surface area is 155 Å². The van der Waals surface area contributed by atoms with Crippen molar-refractivity contribution in [2.75, 3.05) is 27.6 Å². The first-order valence-corrected chi connectivity index (χ1v) is 8.46. The van der Waals surface area contributed by atoms with Crippen LogP contribution in [0.3, 0.4) is 0 Å². The highest BCUT2D eigenvalue weighted by Crippen LogP contribution is 2.41. The zero-order chi connectivity index (χ0) is 19.0. The largest absolute Gasteiger partial charge is 0.493 e. The highest BCUT2D eigenvalue weighted by atomic mass is 16.7. The van der Waals surface area contributed by atoms with Crippen LogP contribution in [0.5, 0.6) is 23.0 Å². The fraction of sp³-hybridized carbons (Fsp3) is 0.316. The van der Waals surface area contributed by atoms with Crippen LogP contribution < -0.4 is 18.9 Å². The minimum Gasteiger partial charge on any atom is -0.493 e. The zero-order valence-corrected chi connectivity index (χ0v) is 15.0. The molecule has 0 N–H and O–H groups in total. The second-order valence-electron chi connectivity index (χ2n) is 6.18. The summed E-state index contributed by atoms with van der Waals surface area (Å²) in [6, 6.07) is 7.23.